The van der Waals surface area contributed by atoms with Crippen molar-refractivity contribution in [3.8, 4) is 0 Å². The minimum atomic E-state index is -0.156. The topological polar surface area (TPSA) is 23.6 Å². The molecule has 4 aliphatic heterocycles. The Hall–Kier alpha value is -1.19. The highest BCUT2D eigenvalue weighted by Gasteiger charge is 2.61. The van der Waals surface area contributed by atoms with E-state index in [0.717, 1.165) is 26.2 Å². The fraction of sp³-hybridized carbons (Fsp3) is 0.562. The number of hydrogen-bond donors (Lipinski definition) is 0. The van der Waals surface area contributed by atoms with Gasteiger partial charge in [0.2, 0.25) is 0 Å². The van der Waals surface area contributed by atoms with Crippen LogP contribution in [0.3, 0.4) is 0 Å². The zero-order valence-electron chi connectivity index (χ0n) is 11.6. The van der Waals surface area contributed by atoms with E-state index in [-0.39, 0.29) is 10.8 Å². The summed E-state index contributed by atoms with van der Waals surface area (Å²) in [5, 5.41) is 0. The standard InChI is InChI=1S/C16H20N2O/c1-15-8-17-10-16(2,14(15)19)11-18(9-15)13(17)12-6-4-3-5-7-12/h3-7,13H,8-11H2,1-2H3. The monoisotopic (exact) mass is 256 g/mol. The second-order valence-corrected chi connectivity index (χ2v) is 7.04. The van der Waals surface area contributed by atoms with Gasteiger partial charge in [-0.15, -0.1) is 0 Å². The summed E-state index contributed by atoms with van der Waals surface area (Å²) >= 11 is 0. The van der Waals surface area contributed by atoms with Crippen LogP contribution < -0.4 is 0 Å². The average molecular weight is 256 g/mol. The van der Waals surface area contributed by atoms with Gasteiger partial charge in [-0.2, -0.15) is 0 Å². The highest BCUT2D eigenvalue weighted by Crippen LogP contribution is 2.51. The predicted octanol–water partition coefficient (Wildman–Crippen LogP) is 1.91. The van der Waals surface area contributed by atoms with E-state index in [1.54, 1.807) is 0 Å². The molecule has 0 unspecified atom stereocenters. The Kier molecular flexibility index (Phi) is 2.12. The van der Waals surface area contributed by atoms with Crippen molar-refractivity contribution in [2.24, 2.45) is 10.8 Å². The van der Waals surface area contributed by atoms with Gasteiger partial charge < -0.3 is 0 Å². The summed E-state index contributed by atoms with van der Waals surface area (Å²) in [5.41, 5.74) is 1.05. The molecule has 5 rings (SSSR count). The lowest BCUT2D eigenvalue weighted by molar-refractivity contribution is -0.197. The Balaban J connectivity index is 1.76. The number of ketones is 1. The van der Waals surface area contributed by atoms with E-state index in [2.05, 4.69) is 54.0 Å². The lowest BCUT2D eigenvalue weighted by Crippen LogP contribution is -2.75. The summed E-state index contributed by atoms with van der Waals surface area (Å²) in [4.78, 5) is 17.6. The molecule has 1 aromatic rings. The number of rotatable bonds is 1. The SMILES string of the molecule is CC12CN3CC(C)(CN(C1)C3c1ccccc1)C2=O. The van der Waals surface area contributed by atoms with Gasteiger partial charge in [0, 0.05) is 26.2 Å². The zero-order valence-corrected chi connectivity index (χ0v) is 11.6. The number of hydrogen-bond acceptors (Lipinski definition) is 3. The van der Waals surface area contributed by atoms with Crippen LogP contribution in [0.4, 0.5) is 0 Å². The van der Waals surface area contributed by atoms with E-state index in [1.165, 1.54) is 5.56 Å². The van der Waals surface area contributed by atoms with Crippen molar-refractivity contribution in [1.82, 2.24) is 9.80 Å². The number of carbonyl (C=O) groups excluding carboxylic acids is 1. The van der Waals surface area contributed by atoms with Crippen LogP contribution in [0, 0.1) is 10.8 Å². The van der Waals surface area contributed by atoms with Gasteiger partial charge in [0.05, 0.1) is 17.0 Å². The summed E-state index contributed by atoms with van der Waals surface area (Å²) in [6.45, 7) is 7.95. The Morgan fingerprint density at radius 1 is 0.947 bits per heavy atom. The van der Waals surface area contributed by atoms with Crippen molar-refractivity contribution in [2.75, 3.05) is 26.2 Å². The number of benzene rings is 1. The Labute approximate surface area is 114 Å². The van der Waals surface area contributed by atoms with Crippen LogP contribution in [-0.2, 0) is 4.79 Å². The van der Waals surface area contributed by atoms with Crippen molar-refractivity contribution in [3.05, 3.63) is 35.9 Å². The first-order valence-corrected chi connectivity index (χ1v) is 7.10. The number of piperidine rings is 2. The third-order valence-electron chi connectivity index (χ3n) is 5.09. The second-order valence-electron chi connectivity index (χ2n) is 7.04. The normalized spacial score (nSPS) is 47.7. The molecule has 4 aliphatic rings. The maximum Gasteiger partial charge on any atom is 0.149 e. The van der Waals surface area contributed by atoms with Gasteiger partial charge in [-0.1, -0.05) is 44.2 Å². The van der Waals surface area contributed by atoms with Gasteiger partial charge in [-0.25, -0.2) is 0 Å². The fourth-order valence-corrected chi connectivity index (χ4v) is 4.64. The van der Waals surface area contributed by atoms with Crippen LogP contribution in [0.2, 0.25) is 0 Å². The van der Waals surface area contributed by atoms with Gasteiger partial charge in [-0.05, 0) is 5.56 Å². The second kappa shape index (κ2) is 3.47. The van der Waals surface area contributed by atoms with E-state index < -0.39 is 0 Å². The average Bonchev–Trinajstić information content (AvgIpc) is 2.36. The van der Waals surface area contributed by atoms with Crippen LogP contribution in [0.5, 0.6) is 0 Å². The third kappa shape index (κ3) is 1.43. The molecule has 3 nitrogen and oxygen atoms in total. The Morgan fingerprint density at radius 2 is 1.42 bits per heavy atom. The minimum absolute atomic E-state index is 0.156. The van der Waals surface area contributed by atoms with E-state index in [4.69, 9.17) is 0 Å². The van der Waals surface area contributed by atoms with E-state index in [0.29, 0.717) is 11.9 Å². The van der Waals surface area contributed by atoms with Gasteiger partial charge >= 0.3 is 0 Å². The largest absolute Gasteiger partial charge is 0.298 e. The molecule has 0 amide bonds. The first-order chi connectivity index (χ1) is 9.02. The maximum absolute atomic E-state index is 12.6. The molecule has 0 atom stereocenters. The van der Waals surface area contributed by atoms with Crippen LogP contribution in [0.25, 0.3) is 0 Å². The molecular formula is C16H20N2O. The summed E-state index contributed by atoms with van der Waals surface area (Å²) in [6, 6.07) is 10.7. The third-order valence-corrected chi connectivity index (χ3v) is 5.09. The summed E-state index contributed by atoms with van der Waals surface area (Å²) in [6.07, 6.45) is 0.371. The summed E-state index contributed by atoms with van der Waals surface area (Å²) in [7, 11) is 0. The molecule has 0 N–H and O–H groups in total. The lowest BCUT2D eigenvalue weighted by atomic mass is 9.62. The highest BCUT2D eigenvalue weighted by atomic mass is 16.1. The molecule has 0 aliphatic carbocycles. The van der Waals surface area contributed by atoms with Crippen LogP contribution in [0.15, 0.2) is 30.3 Å². The highest BCUT2D eigenvalue weighted by molar-refractivity contribution is 5.92. The molecule has 0 aromatic heterocycles. The van der Waals surface area contributed by atoms with Gasteiger partial charge in [0.25, 0.3) is 0 Å². The molecule has 4 fully saturated rings. The molecule has 19 heavy (non-hydrogen) atoms. The Morgan fingerprint density at radius 3 is 1.89 bits per heavy atom. The van der Waals surface area contributed by atoms with Gasteiger partial charge in [-0.3, -0.25) is 14.6 Å². The van der Waals surface area contributed by atoms with Crippen LogP contribution in [0.1, 0.15) is 25.6 Å². The molecular weight excluding hydrogens is 236 g/mol. The molecule has 3 heteroatoms. The molecule has 0 spiro atoms. The van der Waals surface area contributed by atoms with E-state index >= 15 is 0 Å². The van der Waals surface area contributed by atoms with Crippen molar-refractivity contribution in [1.29, 1.82) is 0 Å². The molecule has 1 aromatic carbocycles. The van der Waals surface area contributed by atoms with Crippen LogP contribution >= 0.6 is 0 Å². The first-order valence-electron chi connectivity index (χ1n) is 7.10. The smallest absolute Gasteiger partial charge is 0.149 e. The van der Waals surface area contributed by atoms with Gasteiger partial charge in [0.1, 0.15) is 5.78 Å². The predicted molar refractivity (Wildman–Crippen MR) is 73.6 cm³/mol. The molecule has 4 heterocycles. The maximum atomic E-state index is 12.6. The molecule has 0 saturated carbocycles. The lowest BCUT2D eigenvalue weighted by Gasteiger charge is -2.64. The van der Waals surface area contributed by atoms with Crippen molar-refractivity contribution >= 4 is 5.78 Å². The van der Waals surface area contributed by atoms with Crippen LogP contribution in [-0.4, -0.2) is 41.8 Å². The first kappa shape index (κ1) is 11.6. The molecule has 100 valence electrons. The van der Waals surface area contributed by atoms with Crippen molar-refractivity contribution in [3.63, 3.8) is 0 Å². The van der Waals surface area contributed by atoms with Crippen molar-refractivity contribution in [2.45, 2.75) is 20.0 Å². The molecule has 4 saturated heterocycles. The van der Waals surface area contributed by atoms with E-state index in [9.17, 15) is 4.79 Å². The van der Waals surface area contributed by atoms with Crippen molar-refractivity contribution < 1.29 is 4.79 Å². The fourth-order valence-electron chi connectivity index (χ4n) is 4.64. The Bertz CT molecular complexity index is 499. The molecule has 4 bridgehead atoms. The number of carbonyl (C=O) groups is 1. The summed E-state index contributed by atoms with van der Waals surface area (Å²) < 4.78 is 0. The van der Waals surface area contributed by atoms with Gasteiger partial charge in [0.15, 0.2) is 0 Å². The zero-order chi connectivity index (χ0) is 13.3. The summed E-state index contributed by atoms with van der Waals surface area (Å²) in [5.74, 6) is 0.485. The quantitative estimate of drug-likeness (QED) is 0.767. The van der Waals surface area contributed by atoms with E-state index in [1.807, 2.05) is 0 Å². The minimum Gasteiger partial charge on any atom is -0.298 e. The number of nitrogens with zero attached hydrogens (tertiary/aromatic N) is 2. The molecule has 0 radical (unpaired) electrons. The number of Topliss-reactive ketones (excluding diaryl/α,β-unsaturated/α-hetero) is 1.